The van der Waals surface area contributed by atoms with E-state index in [1.165, 1.54) is 0 Å². The van der Waals surface area contributed by atoms with Crippen molar-refractivity contribution in [3.8, 4) is 0 Å². The van der Waals surface area contributed by atoms with Crippen LogP contribution in [0.3, 0.4) is 0 Å². The summed E-state index contributed by atoms with van der Waals surface area (Å²) in [4.78, 5) is 7.00. The van der Waals surface area contributed by atoms with E-state index in [1.807, 2.05) is 12.1 Å². The minimum absolute atomic E-state index is 0.402. The molecule has 1 aromatic carbocycles. The van der Waals surface area contributed by atoms with Crippen LogP contribution < -0.4 is 5.32 Å². The summed E-state index contributed by atoms with van der Waals surface area (Å²) in [6.07, 6.45) is 0. The monoisotopic (exact) mass is 289 g/mol. The summed E-state index contributed by atoms with van der Waals surface area (Å²) in [6, 6.07) is 6.43. The third kappa shape index (κ3) is 3.61. The van der Waals surface area contributed by atoms with Crippen LogP contribution in [0.25, 0.3) is 11.1 Å². The molecule has 3 rings (SSSR count). The van der Waals surface area contributed by atoms with Crippen LogP contribution in [-0.4, -0.2) is 48.8 Å². The summed E-state index contributed by atoms with van der Waals surface area (Å²) in [5, 5.41) is 3.49. The second kappa shape index (κ2) is 6.56. The minimum atomic E-state index is 0.402. The number of oxazole rings is 1. The maximum Gasteiger partial charge on any atom is 0.209 e. The Hall–Kier alpha value is -1.43. The molecule has 114 valence electrons. The largest absolute Gasteiger partial charge is 0.439 e. The Bertz CT molecular complexity index is 590. The average Bonchev–Trinajstić information content (AvgIpc) is 2.91. The lowest BCUT2D eigenvalue weighted by Crippen LogP contribution is -2.44. The molecule has 1 N–H and O–H groups in total. The fourth-order valence-corrected chi connectivity index (χ4v) is 2.70. The van der Waals surface area contributed by atoms with Crippen molar-refractivity contribution < 1.29 is 9.15 Å². The fourth-order valence-electron chi connectivity index (χ4n) is 2.70. The van der Waals surface area contributed by atoms with Crippen LogP contribution in [0.4, 0.5) is 0 Å². The minimum Gasteiger partial charge on any atom is -0.439 e. The number of aryl methyl sites for hydroxylation is 1. The quantitative estimate of drug-likeness (QED) is 0.911. The van der Waals surface area contributed by atoms with Gasteiger partial charge in [-0.15, -0.1) is 0 Å². The molecule has 0 spiro atoms. The Kier molecular flexibility index (Phi) is 4.53. The normalized spacial score (nSPS) is 18.2. The van der Waals surface area contributed by atoms with Gasteiger partial charge in [0, 0.05) is 25.7 Å². The van der Waals surface area contributed by atoms with Crippen LogP contribution in [-0.2, 0) is 11.3 Å². The number of benzene rings is 1. The number of aromatic nitrogens is 1. The van der Waals surface area contributed by atoms with Crippen LogP contribution >= 0.6 is 0 Å². The first-order valence-electron chi connectivity index (χ1n) is 7.61. The van der Waals surface area contributed by atoms with Gasteiger partial charge >= 0.3 is 0 Å². The van der Waals surface area contributed by atoms with Crippen LogP contribution in [0.15, 0.2) is 22.6 Å². The Labute approximate surface area is 125 Å². The predicted octanol–water partition coefficient (Wildman–Crippen LogP) is 1.95. The first-order valence-corrected chi connectivity index (χ1v) is 7.61. The highest BCUT2D eigenvalue weighted by Gasteiger charge is 2.14. The molecule has 1 atom stereocenters. The lowest BCUT2D eigenvalue weighted by Gasteiger charge is -2.29. The molecule has 1 aliphatic rings. The van der Waals surface area contributed by atoms with Crippen LogP contribution in [0.2, 0.25) is 0 Å². The third-order valence-electron chi connectivity index (χ3n) is 3.90. The standard InChI is InChI=1S/C16H23N3O2/c1-12-4-3-5-14-16(12)18-15(21-14)10-17-13(2)11-19-6-8-20-9-7-19/h3-5,13,17H,6-11H2,1-2H3/t13-/m0/s1. The van der Waals surface area contributed by atoms with Gasteiger partial charge < -0.3 is 14.5 Å². The molecule has 1 aliphatic heterocycles. The number of rotatable bonds is 5. The van der Waals surface area contributed by atoms with Crippen molar-refractivity contribution in [2.75, 3.05) is 32.8 Å². The highest BCUT2D eigenvalue weighted by atomic mass is 16.5. The number of para-hydroxylation sites is 1. The van der Waals surface area contributed by atoms with E-state index < -0.39 is 0 Å². The molecule has 0 amide bonds. The predicted molar refractivity (Wildman–Crippen MR) is 82.3 cm³/mol. The number of hydrogen-bond acceptors (Lipinski definition) is 5. The average molecular weight is 289 g/mol. The Morgan fingerprint density at radius 3 is 2.90 bits per heavy atom. The highest BCUT2D eigenvalue weighted by molar-refractivity contribution is 5.76. The van der Waals surface area contributed by atoms with Crippen molar-refractivity contribution >= 4 is 11.1 Å². The first kappa shape index (κ1) is 14.5. The van der Waals surface area contributed by atoms with Gasteiger partial charge in [0.2, 0.25) is 5.89 Å². The molecule has 5 heteroatoms. The molecular weight excluding hydrogens is 266 g/mol. The fraction of sp³-hybridized carbons (Fsp3) is 0.562. The molecule has 0 radical (unpaired) electrons. The summed E-state index contributed by atoms with van der Waals surface area (Å²) < 4.78 is 11.2. The smallest absolute Gasteiger partial charge is 0.209 e. The maximum absolute atomic E-state index is 5.78. The zero-order chi connectivity index (χ0) is 14.7. The van der Waals surface area contributed by atoms with Gasteiger partial charge in [-0.1, -0.05) is 12.1 Å². The molecule has 0 saturated carbocycles. The maximum atomic E-state index is 5.78. The van der Waals surface area contributed by atoms with E-state index in [2.05, 4.69) is 35.1 Å². The Morgan fingerprint density at radius 2 is 2.14 bits per heavy atom. The number of nitrogens with one attached hydrogen (secondary N) is 1. The summed E-state index contributed by atoms with van der Waals surface area (Å²) in [5.41, 5.74) is 2.99. The molecule has 0 aliphatic carbocycles. The number of nitrogens with zero attached hydrogens (tertiary/aromatic N) is 2. The Balaban J connectivity index is 1.54. The summed E-state index contributed by atoms with van der Waals surface area (Å²) in [7, 11) is 0. The van der Waals surface area contributed by atoms with Gasteiger partial charge in [0.1, 0.15) is 5.52 Å². The van der Waals surface area contributed by atoms with Crippen LogP contribution in [0.5, 0.6) is 0 Å². The van der Waals surface area contributed by atoms with Crippen LogP contribution in [0, 0.1) is 6.92 Å². The lowest BCUT2D eigenvalue weighted by atomic mass is 10.2. The molecule has 1 aromatic heterocycles. The van der Waals surface area contributed by atoms with Crippen molar-refractivity contribution in [3.63, 3.8) is 0 Å². The number of hydrogen-bond donors (Lipinski definition) is 1. The van der Waals surface area contributed by atoms with Crippen molar-refractivity contribution in [1.29, 1.82) is 0 Å². The molecular formula is C16H23N3O2. The number of morpholine rings is 1. The number of ether oxygens (including phenoxy) is 1. The van der Waals surface area contributed by atoms with Crippen LogP contribution in [0.1, 0.15) is 18.4 Å². The van der Waals surface area contributed by atoms with Gasteiger partial charge in [0.15, 0.2) is 5.58 Å². The zero-order valence-electron chi connectivity index (χ0n) is 12.8. The SMILES string of the molecule is Cc1cccc2oc(CN[C@@H](C)CN3CCOCC3)nc12. The van der Waals surface area contributed by atoms with Crippen molar-refractivity contribution in [1.82, 2.24) is 15.2 Å². The second-order valence-corrected chi connectivity index (χ2v) is 5.72. The molecule has 0 bridgehead atoms. The van der Waals surface area contributed by atoms with Gasteiger partial charge in [-0.05, 0) is 25.5 Å². The molecule has 0 unspecified atom stereocenters. The van der Waals surface area contributed by atoms with E-state index in [4.69, 9.17) is 9.15 Å². The number of fused-ring (bicyclic) bond motifs is 1. The van der Waals surface area contributed by atoms with E-state index in [0.29, 0.717) is 12.6 Å². The lowest BCUT2D eigenvalue weighted by molar-refractivity contribution is 0.0342. The van der Waals surface area contributed by atoms with Gasteiger partial charge in [0.25, 0.3) is 0 Å². The van der Waals surface area contributed by atoms with E-state index in [0.717, 1.165) is 55.4 Å². The molecule has 1 fully saturated rings. The highest BCUT2D eigenvalue weighted by Crippen LogP contribution is 2.18. The summed E-state index contributed by atoms with van der Waals surface area (Å²) >= 11 is 0. The molecule has 1 saturated heterocycles. The first-order chi connectivity index (χ1) is 10.2. The summed E-state index contributed by atoms with van der Waals surface area (Å²) in [5.74, 6) is 0.758. The molecule has 5 nitrogen and oxygen atoms in total. The second-order valence-electron chi connectivity index (χ2n) is 5.72. The van der Waals surface area contributed by atoms with Crippen molar-refractivity contribution in [3.05, 3.63) is 29.7 Å². The van der Waals surface area contributed by atoms with E-state index in [1.54, 1.807) is 0 Å². The zero-order valence-corrected chi connectivity index (χ0v) is 12.8. The molecule has 21 heavy (non-hydrogen) atoms. The third-order valence-corrected chi connectivity index (χ3v) is 3.90. The van der Waals surface area contributed by atoms with Gasteiger partial charge in [-0.25, -0.2) is 4.98 Å². The van der Waals surface area contributed by atoms with Gasteiger partial charge in [-0.2, -0.15) is 0 Å². The topological polar surface area (TPSA) is 50.5 Å². The van der Waals surface area contributed by atoms with E-state index >= 15 is 0 Å². The van der Waals surface area contributed by atoms with Crippen molar-refractivity contribution in [2.45, 2.75) is 26.4 Å². The van der Waals surface area contributed by atoms with Crippen molar-refractivity contribution in [2.24, 2.45) is 0 Å². The molecule has 2 heterocycles. The molecule has 2 aromatic rings. The van der Waals surface area contributed by atoms with E-state index in [9.17, 15) is 0 Å². The van der Waals surface area contributed by atoms with E-state index in [-0.39, 0.29) is 0 Å². The summed E-state index contributed by atoms with van der Waals surface area (Å²) in [6.45, 7) is 9.69. The Morgan fingerprint density at radius 1 is 1.33 bits per heavy atom. The van der Waals surface area contributed by atoms with Gasteiger partial charge in [-0.3, -0.25) is 4.90 Å². The van der Waals surface area contributed by atoms with Gasteiger partial charge in [0.05, 0.1) is 19.8 Å².